The predicted octanol–water partition coefficient (Wildman–Crippen LogP) is 1.62. The molecule has 0 bridgehead atoms. The summed E-state index contributed by atoms with van der Waals surface area (Å²) in [6.07, 6.45) is 2.54. The molecule has 94 valence electrons. The molecule has 0 amide bonds. The predicted molar refractivity (Wildman–Crippen MR) is 66.6 cm³/mol. The van der Waals surface area contributed by atoms with Gasteiger partial charge in [0.25, 0.3) is 0 Å². The van der Waals surface area contributed by atoms with Gasteiger partial charge in [-0.25, -0.2) is 0 Å². The lowest BCUT2D eigenvalue weighted by Crippen LogP contribution is -2.38. The van der Waals surface area contributed by atoms with Crippen molar-refractivity contribution in [1.82, 2.24) is 5.43 Å². The zero-order valence-electron chi connectivity index (χ0n) is 10.3. The van der Waals surface area contributed by atoms with E-state index in [1.165, 1.54) is 12.8 Å². The summed E-state index contributed by atoms with van der Waals surface area (Å²) in [6, 6.07) is 7.89. The first-order valence-corrected chi connectivity index (χ1v) is 5.93. The van der Waals surface area contributed by atoms with E-state index in [9.17, 15) is 0 Å². The summed E-state index contributed by atoms with van der Waals surface area (Å²) in [5.41, 5.74) is 3.91. The second kappa shape index (κ2) is 5.49. The van der Waals surface area contributed by atoms with Crippen LogP contribution in [0.2, 0.25) is 0 Å². The maximum atomic E-state index is 5.68. The first-order chi connectivity index (χ1) is 8.31. The first-order valence-electron chi connectivity index (χ1n) is 5.93. The summed E-state index contributed by atoms with van der Waals surface area (Å²) in [5.74, 6) is 7.13. The maximum absolute atomic E-state index is 5.68. The topological polar surface area (TPSA) is 56.5 Å². The Kier molecular flexibility index (Phi) is 3.99. The number of rotatable bonds is 6. The van der Waals surface area contributed by atoms with E-state index in [-0.39, 0.29) is 12.1 Å². The molecule has 4 nitrogen and oxygen atoms in total. The molecule has 1 saturated carbocycles. The molecule has 3 N–H and O–H groups in total. The highest BCUT2D eigenvalue weighted by Gasteiger charge is 2.38. The summed E-state index contributed by atoms with van der Waals surface area (Å²) < 4.78 is 11.0. The van der Waals surface area contributed by atoms with Gasteiger partial charge in [0, 0.05) is 12.7 Å². The average Bonchev–Trinajstić information content (AvgIpc) is 3.20. The van der Waals surface area contributed by atoms with E-state index < -0.39 is 0 Å². The molecule has 2 rings (SSSR count). The molecule has 0 aromatic heterocycles. The SMILES string of the molecule is COc1ccccc1C(NN)C(OC)C1CC1. The van der Waals surface area contributed by atoms with E-state index in [4.69, 9.17) is 15.3 Å². The number of ether oxygens (including phenoxy) is 2. The summed E-state index contributed by atoms with van der Waals surface area (Å²) in [6.45, 7) is 0. The van der Waals surface area contributed by atoms with Gasteiger partial charge in [0.05, 0.1) is 19.3 Å². The van der Waals surface area contributed by atoms with Crippen LogP contribution >= 0.6 is 0 Å². The van der Waals surface area contributed by atoms with Crippen LogP contribution in [0.4, 0.5) is 0 Å². The van der Waals surface area contributed by atoms with Gasteiger partial charge in [0.15, 0.2) is 0 Å². The van der Waals surface area contributed by atoms with Gasteiger partial charge in [0.1, 0.15) is 5.75 Å². The molecule has 0 aliphatic heterocycles. The summed E-state index contributed by atoms with van der Waals surface area (Å²) in [4.78, 5) is 0. The number of hydrazine groups is 1. The Morgan fingerprint density at radius 1 is 1.29 bits per heavy atom. The molecule has 2 atom stereocenters. The fourth-order valence-corrected chi connectivity index (χ4v) is 2.31. The van der Waals surface area contributed by atoms with Gasteiger partial charge in [-0.15, -0.1) is 0 Å². The fourth-order valence-electron chi connectivity index (χ4n) is 2.31. The van der Waals surface area contributed by atoms with Crippen molar-refractivity contribution in [2.24, 2.45) is 11.8 Å². The molecule has 4 heteroatoms. The van der Waals surface area contributed by atoms with E-state index in [1.54, 1.807) is 14.2 Å². The molecule has 1 aliphatic carbocycles. The van der Waals surface area contributed by atoms with Crippen LogP contribution in [0.1, 0.15) is 24.4 Å². The van der Waals surface area contributed by atoms with E-state index in [0.29, 0.717) is 5.92 Å². The van der Waals surface area contributed by atoms with E-state index in [1.807, 2.05) is 24.3 Å². The molecule has 2 unspecified atom stereocenters. The van der Waals surface area contributed by atoms with Crippen LogP contribution in [-0.2, 0) is 4.74 Å². The molecule has 1 aliphatic rings. The first kappa shape index (κ1) is 12.4. The van der Waals surface area contributed by atoms with E-state index >= 15 is 0 Å². The highest BCUT2D eigenvalue weighted by Crippen LogP contribution is 2.41. The second-order valence-electron chi connectivity index (χ2n) is 4.42. The van der Waals surface area contributed by atoms with Gasteiger partial charge in [0.2, 0.25) is 0 Å². The largest absolute Gasteiger partial charge is 0.496 e. The van der Waals surface area contributed by atoms with Gasteiger partial charge in [-0.2, -0.15) is 0 Å². The Balaban J connectivity index is 2.26. The highest BCUT2D eigenvalue weighted by atomic mass is 16.5. The molecule has 0 spiro atoms. The lowest BCUT2D eigenvalue weighted by atomic mass is 9.97. The van der Waals surface area contributed by atoms with Crippen molar-refractivity contribution in [2.75, 3.05) is 14.2 Å². The molecule has 0 radical (unpaired) electrons. The summed E-state index contributed by atoms with van der Waals surface area (Å²) >= 11 is 0. The van der Waals surface area contributed by atoms with Gasteiger partial charge < -0.3 is 9.47 Å². The number of nitrogens with two attached hydrogens (primary N) is 1. The van der Waals surface area contributed by atoms with Crippen molar-refractivity contribution in [1.29, 1.82) is 0 Å². The maximum Gasteiger partial charge on any atom is 0.123 e. The number of nitrogens with one attached hydrogen (secondary N) is 1. The van der Waals surface area contributed by atoms with Crippen LogP contribution in [0.25, 0.3) is 0 Å². The molecule has 17 heavy (non-hydrogen) atoms. The minimum absolute atomic E-state index is 0.0244. The Hall–Kier alpha value is -1.10. The van der Waals surface area contributed by atoms with Crippen LogP contribution in [0.3, 0.4) is 0 Å². The number of methoxy groups -OCH3 is 2. The van der Waals surface area contributed by atoms with Crippen molar-refractivity contribution >= 4 is 0 Å². The average molecular weight is 236 g/mol. The Bertz CT molecular complexity index is 366. The van der Waals surface area contributed by atoms with E-state index in [0.717, 1.165) is 11.3 Å². The zero-order chi connectivity index (χ0) is 12.3. The second-order valence-corrected chi connectivity index (χ2v) is 4.42. The van der Waals surface area contributed by atoms with Crippen molar-refractivity contribution < 1.29 is 9.47 Å². The molecular formula is C13H20N2O2. The lowest BCUT2D eigenvalue weighted by molar-refractivity contribution is 0.0499. The molecule has 1 fully saturated rings. The number of para-hydroxylation sites is 1. The van der Waals surface area contributed by atoms with Crippen LogP contribution in [0.15, 0.2) is 24.3 Å². The van der Waals surface area contributed by atoms with Gasteiger partial charge in [-0.3, -0.25) is 11.3 Å². The zero-order valence-corrected chi connectivity index (χ0v) is 10.3. The van der Waals surface area contributed by atoms with Crippen molar-refractivity contribution in [3.8, 4) is 5.75 Å². The Labute approximate surface area is 102 Å². The minimum atomic E-state index is -0.0244. The number of benzene rings is 1. The van der Waals surface area contributed by atoms with Gasteiger partial charge in [-0.1, -0.05) is 18.2 Å². The van der Waals surface area contributed by atoms with Crippen LogP contribution in [-0.4, -0.2) is 20.3 Å². The van der Waals surface area contributed by atoms with Crippen LogP contribution in [0.5, 0.6) is 5.75 Å². The molecule has 1 aromatic rings. The van der Waals surface area contributed by atoms with Gasteiger partial charge in [-0.05, 0) is 24.8 Å². The Morgan fingerprint density at radius 3 is 2.53 bits per heavy atom. The molecule has 0 heterocycles. The van der Waals surface area contributed by atoms with Gasteiger partial charge >= 0.3 is 0 Å². The summed E-state index contributed by atoms with van der Waals surface area (Å²) in [5, 5.41) is 0. The van der Waals surface area contributed by atoms with Crippen molar-refractivity contribution in [3.05, 3.63) is 29.8 Å². The van der Waals surface area contributed by atoms with Crippen LogP contribution in [0, 0.1) is 5.92 Å². The molecular weight excluding hydrogens is 216 g/mol. The monoisotopic (exact) mass is 236 g/mol. The standard InChI is InChI=1S/C13H20N2O2/c1-16-11-6-4-3-5-10(11)12(15-14)13(17-2)9-7-8-9/h3-6,9,12-13,15H,7-8,14H2,1-2H3. The normalized spacial score (nSPS) is 18.8. The number of hydrogen-bond acceptors (Lipinski definition) is 4. The fraction of sp³-hybridized carbons (Fsp3) is 0.538. The third kappa shape index (κ3) is 2.60. The highest BCUT2D eigenvalue weighted by molar-refractivity contribution is 5.36. The molecule has 1 aromatic carbocycles. The quantitative estimate of drug-likeness (QED) is 0.582. The van der Waals surface area contributed by atoms with Crippen molar-refractivity contribution in [2.45, 2.75) is 25.0 Å². The summed E-state index contributed by atoms with van der Waals surface area (Å²) in [7, 11) is 3.41. The third-order valence-corrected chi connectivity index (χ3v) is 3.34. The Morgan fingerprint density at radius 2 is 2.00 bits per heavy atom. The third-order valence-electron chi connectivity index (χ3n) is 3.34. The smallest absolute Gasteiger partial charge is 0.123 e. The number of hydrogen-bond donors (Lipinski definition) is 2. The molecule has 0 saturated heterocycles. The van der Waals surface area contributed by atoms with E-state index in [2.05, 4.69) is 5.43 Å². The van der Waals surface area contributed by atoms with Crippen molar-refractivity contribution in [3.63, 3.8) is 0 Å². The minimum Gasteiger partial charge on any atom is -0.496 e. The lowest BCUT2D eigenvalue weighted by Gasteiger charge is -2.27. The van der Waals surface area contributed by atoms with Crippen LogP contribution < -0.4 is 16.0 Å².